The minimum absolute atomic E-state index is 0.00693. The van der Waals surface area contributed by atoms with Crippen LogP contribution >= 0.6 is 0 Å². The summed E-state index contributed by atoms with van der Waals surface area (Å²) in [6, 6.07) is 12.2. The van der Waals surface area contributed by atoms with E-state index in [1.807, 2.05) is 0 Å². The van der Waals surface area contributed by atoms with Gasteiger partial charge in [0.25, 0.3) is 5.69 Å². The van der Waals surface area contributed by atoms with Crippen molar-refractivity contribution in [2.45, 2.75) is 19.5 Å². The summed E-state index contributed by atoms with van der Waals surface area (Å²) >= 11 is 0. The molecule has 0 radical (unpaired) electrons. The number of aromatic nitrogens is 1. The van der Waals surface area contributed by atoms with Crippen LogP contribution < -0.4 is 5.76 Å². The largest absolute Gasteiger partial charge is 0.420 e. The van der Waals surface area contributed by atoms with Crippen LogP contribution in [-0.2, 0) is 11.3 Å². The van der Waals surface area contributed by atoms with Crippen molar-refractivity contribution in [1.29, 1.82) is 0 Å². The Kier molecular flexibility index (Phi) is 4.57. The summed E-state index contributed by atoms with van der Waals surface area (Å²) in [6.07, 6.45) is 0. The number of benzene rings is 2. The number of nitro benzene ring substituents is 1. The van der Waals surface area contributed by atoms with Gasteiger partial charge in [-0.15, -0.1) is 0 Å². The van der Waals surface area contributed by atoms with Crippen LogP contribution in [0.15, 0.2) is 57.7 Å². The number of non-ortho nitro benzene ring substituents is 1. The number of likely N-dealkylation sites (N-methyl/N-ethyl adjacent to an activating group) is 1. The second-order valence-corrected chi connectivity index (χ2v) is 6.00. The molecule has 0 unspecified atom stereocenters. The first-order valence-corrected chi connectivity index (χ1v) is 7.97. The maximum atomic E-state index is 12.7. The van der Waals surface area contributed by atoms with Gasteiger partial charge in [0.05, 0.1) is 10.4 Å². The van der Waals surface area contributed by atoms with Crippen molar-refractivity contribution in [3.05, 3.63) is 74.8 Å². The van der Waals surface area contributed by atoms with Gasteiger partial charge in [-0.2, -0.15) is 0 Å². The highest BCUT2D eigenvalue weighted by Gasteiger charge is 2.24. The van der Waals surface area contributed by atoms with E-state index in [-0.39, 0.29) is 18.1 Å². The van der Waals surface area contributed by atoms with Crippen LogP contribution in [0.1, 0.15) is 18.5 Å². The number of hydrogen-bond donors (Lipinski definition) is 0. The molecule has 3 rings (SSSR count). The maximum absolute atomic E-state index is 12.7. The van der Waals surface area contributed by atoms with Crippen LogP contribution in [0.5, 0.6) is 0 Å². The third-order valence-corrected chi connectivity index (χ3v) is 4.21. The molecule has 8 nitrogen and oxygen atoms in total. The number of fused-ring (bicyclic) bond motifs is 1. The van der Waals surface area contributed by atoms with Gasteiger partial charge in [0.1, 0.15) is 6.04 Å². The molecule has 1 amide bonds. The monoisotopic (exact) mass is 355 g/mol. The number of carbonyl (C=O) groups is 1. The number of para-hydroxylation sites is 2. The van der Waals surface area contributed by atoms with Crippen molar-refractivity contribution < 1.29 is 14.1 Å². The molecule has 134 valence electrons. The number of oxazole rings is 1. The van der Waals surface area contributed by atoms with Gasteiger partial charge in [0.2, 0.25) is 5.91 Å². The van der Waals surface area contributed by atoms with E-state index in [4.69, 9.17) is 4.42 Å². The van der Waals surface area contributed by atoms with Gasteiger partial charge < -0.3 is 9.32 Å². The minimum Gasteiger partial charge on any atom is -0.408 e. The molecule has 0 aliphatic rings. The topological polar surface area (TPSA) is 98.6 Å². The third kappa shape index (κ3) is 3.21. The van der Waals surface area contributed by atoms with E-state index in [0.717, 1.165) is 5.56 Å². The number of carbonyl (C=O) groups excluding carboxylic acids is 1. The fraction of sp³-hybridized carbons (Fsp3) is 0.222. The van der Waals surface area contributed by atoms with Crippen molar-refractivity contribution >= 4 is 22.7 Å². The smallest absolute Gasteiger partial charge is 0.408 e. The standard InChI is InChI=1S/C18H17N3O5/c1-12(20-15-5-3-4-6-16(15)26-18(20)23)17(22)19(2)11-13-7-9-14(10-8-13)21(24)25/h3-10,12H,11H2,1-2H3/t12-/m1/s1. The first kappa shape index (κ1) is 17.4. The van der Waals surface area contributed by atoms with Crippen LogP contribution in [0.2, 0.25) is 0 Å². The van der Waals surface area contributed by atoms with Gasteiger partial charge in [-0.1, -0.05) is 24.3 Å². The molecular weight excluding hydrogens is 338 g/mol. The number of rotatable bonds is 5. The summed E-state index contributed by atoms with van der Waals surface area (Å²) < 4.78 is 6.50. The molecule has 0 aliphatic heterocycles. The summed E-state index contributed by atoms with van der Waals surface area (Å²) in [4.78, 5) is 36.6. The highest BCUT2D eigenvalue weighted by molar-refractivity contribution is 5.82. The van der Waals surface area contributed by atoms with E-state index >= 15 is 0 Å². The van der Waals surface area contributed by atoms with E-state index in [2.05, 4.69) is 0 Å². The molecular formula is C18H17N3O5. The maximum Gasteiger partial charge on any atom is 0.420 e. The fourth-order valence-electron chi connectivity index (χ4n) is 2.86. The summed E-state index contributed by atoms with van der Waals surface area (Å²) in [5, 5.41) is 10.7. The van der Waals surface area contributed by atoms with E-state index < -0.39 is 16.7 Å². The molecule has 8 heteroatoms. The Balaban J connectivity index is 1.80. The predicted molar refractivity (Wildman–Crippen MR) is 94.8 cm³/mol. The van der Waals surface area contributed by atoms with E-state index in [1.165, 1.54) is 21.6 Å². The molecule has 1 aromatic heterocycles. The zero-order valence-electron chi connectivity index (χ0n) is 14.3. The van der Waals surface area contributed by atoms with E-state index in [9.17, 15) is 19.7 Å². The first-order valence-electron chi connectivity index (χ1n) is 7.97. The molecule has 26 heavy (non-hydrogen) atoms. The number of hydrogen-bond acceptors (Lipinski definition) is 5. The second kappa shape index (κ2) is 6.83. The number of nitro groups is 1. The average Bonchev–Trinajstić information content (AvgIpc) is 2.96. The fourth-order valence-corrected chi connectivity index (χ4v) is 2.86. The summed E-state index contributed by atoms with van der Waals surface area (Å²) in [6.45, 7) is 1.91. The Morgan fingerprint density at radius 1 is 1.23 bits per heavy atom. The van der Waals surface area contributed by atoms with Crippen molar-refractivity contribution in [1.82, 2.24) is 9.47 Å². The molecule has 0 saturated heterocycles. The van der Waals surface area contributed by atoms with Crippen LogP contribution in [0, 0.1) is 10.1 Å². The van der Waals surface area contributed by atoms with Gasteiger partial charge in [-0.25, -0.2) is 4.79 Å². The van der Waals surface area contributed by atoms with Crippen molar-refractivity contribution in [2.75, 3.05) is 7.05 Å². The van der Waals surface area contributed by atoms with Crippen LogP contribution in [0.3, 0.4) is 0 Å². The van der Waals surface area contributed by atoms with Crippen LogP contribution in [0.25, 0.3) is 11.1 Å². The van der Waals surface area contributed by atoms with Gasteiger partial charge in [-0.05, 0) is 24.6 Å². The normalized spacial score (nSPS) is 12.1. The lowest BCUT2D eigenvalue weighted by Crippen LogP contribution is -2.35. The van der Waals surface area contributed by atoms with Crippen LogP contribution in [0.4, 0.5) is 5.69 Å². The van der Waals surface area contributed by atoms with E-state index in [1.54, 1.807) is 50.4 Å². The van der Waals surface area contributed by atoms with Gasteiger partial charge >= 0.3 is 5.76 Å². The van der Waals surface area contributed by atoms with Gasteiger partial charge in [-0.3, -0.25) is 19.5 Å². The molecule has 1 atom stereocenters. The summed E-state index contributed by atoms with van der Waals surface area (Å²) in [7, 11) is 1.62. The Morgan fingerprint density at radius 3 is 2.54 bits per heavy atom. The molecule has 0 fully saturated rings. The average molecular weight is 355 g/mol. The Morgan fingerprint density at radius 2 is 1.88 bits per heavy atom. The lowest BCUT2D eigenvalue weighted by molar-refractivity contribution is -0.384. The summed E-state index contributed by atoms with van der Waals surface area (Å²) in [5.41, 5.74) is 1.73. The molecule has 0 N–H and O–H groups in total. The van der Waals surface area contributed by atoms with Gasteiger partial charge in [0, 0.05) is 25.7 Å². The predicted octanol–water partition coefficient (Wildman–Crippen LogP) is 2.72. The molecule has 0 spiro atoms. The van der Waals surface area contributed by atoms with Crippen molar-refractivity contribution in [3.8, 4) is 0 Å². The molecule has 1 heterocycles. The van der Waals surface area contributed by atoms with E-state index in [0.29, 0.717) is 11.1 Å². The zero-order valence-corrected chi connectivity index (χ0v) is 14.3. The third-order valence-electron chi connectivity index (χ3n) is 4.21. The number of nitrogens with zero attached hydrogens (tertiary/aromatic N) is 3. The Hall–Kier alpha value is -3.42. The number of amides is 1. The highest BCUT2D eigenvalue weighted by atomic mass is 16.6. The first-order chi connectivity index (χ1) is 12.4. The summed E-state index contributed by atoms with van der Waals surface area (Å²) in [5.74, 6) is -0.854. The molecule has 3 aromatic rings. The second-order valence-electron chi connectivity index (χ2n) is 6.00. The Bertz CT molecular complexity index is 1020. The van der Waals surface area contributed by atoms with Crippen molar-refractivity contribution in [3.63, 3.8) is 0 Å². The lowest BCUT2D eigenvalue weighted by atomic mass is 10.2. The SMILES string of the molecule is C[C@H](C(=O)N(C)Cc1ccc([N+](=O)[O-])cc1)n1c(=O)oc2ccccc21. The van der Waals surface area contributed by atoms with Gasteiger partial charge in [0.15, 0.2) is 5.58 Å². The van der Waals surface area contributed by atoms with Crippen molar-refractivity contribution in [2.24, 2.45) is 0 Å². The highest BCUT2D eigenvalue weighted by Crippen LogP contribution is 2.19. The molecule has 0 saturated carbocycles. The quantitative estimate of drug-likeness (QED) is 0.518. The molecule has 0 aliphatic carbocycles. The minimum atomic E-state index is -0.741. The molecule has 0 bridgehead atoms. The lowest BCUT2D eigenvalue weighted by Gasteiger charge is -2.22. The molecule has 2 aromatic carbocycles. The Labute approximate surface area is 148 Å². The zero-order chi connectivity index (χ0) is 18.8. The van der Waals surface area contributed by atoms with Crippen LogP contribution in [-0.4, -0.2) is 27.3 Å².